The molecule has 9 nitrogen and oxygen atoms in total. The van der Waals surface area contributed by atoms with Crippen molar-refractivity contribution >= 4 is 11.9 Å². The topological polar surface area (TPSA) is 122 Å². The normalized spacial score (nSPS) is 18.7. The van der Waals surface area contributed by atoms with Gasteiger partial charge < -0.3 is 19.7 Å². The quantitative estimate of drug-likeness (QED) is 0.534. The number of nitrogens with zero attached hydrogens (tertiary/aromatic N) is 3. The fourth-order valence-electron chi connectivity index (χ4n) is 3.64. The van der Waals surface area contributed by atoms with Crippen molar-refractivity contribution in [1.82, 2.24) is 14.9 Å². The van der Waals surface area contributed by atoms with Crippen molar-refractivity contribution in [3.05, 3.63) is 60.2 Å². The maximum atomic E-state index is 10.6. The van der Waals surface area contributed by atoms with E-state index in [0.717, 1.165) is 44.8 Å². The average Bonchev–Trinajstić information content (AvgIpc) is 2.83. The van der Waals surface area contributed by atoms with Crippen LogP contribution in [0.2, 0.25) is 0 Å². The molecule has 15 heteroatoms. The van der Waals surface area contributed by atoms with Gasteiger partial charge in [-0.05, 0) is 36.2 Å². The number of carboxylic acid groups (broad SMARTS) is 2. The monoisotopic (exact) mass is 553 g/mol. The van der Waals surface area contributed by atoms with Crippen LogP contribution >= 0.6 is 0 Å². The van der Waals surface area contributed by atoms with Gasteiger partial charge in [0, 0.05) is 51.3 Å². The maximum Gasteiger partial charge on any atom is 0.490 e. The summed E-state index contributed by atoms with van der Waals surface area (Å²) >= 11 is 0. The number of pyridine rings is 2. The molecule has 2 aromatic rings. The largest absolute Gasteiger partial charge is 0.490 e. The molecule has 2 aliphatic rings. The minimum absolute atomic E-state index is 0.0179. The lowest BCUT2D eigenvalue weighted by Gasteiger charge is -2.53. The second-order valence-corrected chi connectivity index (χ2v) is 8.38. The average molecular weight is 553 g/mol. The molecular formula is C23H25F6N3O6. The molecule has 2 saturated heterocycles. The van der Waals surface area contributed by atoms with Crippen molar-refractivity contribution < 1.29 is 55.6 Å². The lowest BCUT2D eigenvalue weighted by molar-refractivity contribution is -0.200. The molecule has 210 valence electrons. The highest BCUT2D eigenvalue weighted by Crippen LogP contribution is 2.36. The van der Waals surface area contributed by atoms with Gasteiger partial charge in [-0.3, -0.25) is 14.9 Å². The SMILES string of the molecule is O=C(O)C(F)(F)F.O=C(O)C(F)(F)F.c1ccc(CN2CC3(CC(OCc4ccncc4)CCO3)C2)nc1. The van der Waals surface area contributed by atoms with E-state index in [2.05, 4.69) is 20.9 Å². The first kappa shape index (κ1) is 30.9. The number of carboxylic acids is 2. The number of likely N-dealkylation sites (tertiary alicyclic amines) is 1. The summed E-state index contributed by atoms with van der Waals surface area (Å²) in [6, 6.07) is 10.1. The number of hydrogen-bond donors (Lipinski definition) is 2. The van der Waals surface area contributed by atoms with Gasteiger partial charge in [0.05, 0.1) is 24.0 Å². The van der Waals surface area contributed by atoms with E-state index in [0.29, 0.717) is 6.61 Å². The third-order valence-corrected chi connectivity index (χ3v) is 5.30. The lowest BCUT2D eigenvalue weighted by Crippen LogP contribution is -2.65. The van der Waals surface area contributed by atoms with Gasteiger partial charge in [-0.2, -0.15) is 26.3 Å². The highest BCUT2D eigenvalue weighted by molar-refractivity contribution is 5.73. The fourth-order valence-corrected chi connectivity index (χ4v) is 3.64. The predicted molar refractivity (Wildman–Crippen MR) is 118 cm³/mol. The van der Waals surface area contributed by atoms with Gasteiger partial charge in [-0.1, -0.05) is 6.07 Å². The third kappa shape index (κ3) is 10.6. The van der Waals surface area contributed by atoms with Crippen molar-refractivity contribution in [3.63, 3.8) is 0 Å². The summed E-state index contributed by atoms with van der Waals surface area (Å²) in [7, 11) is 0. The highest BCUT2D eigenvalue weighted by Gasteiger charge is 2.47. The van der Waals surface area contributed by atoms with Crippen molar-refractivity contribution in [2.45, 2.75) is 50.1 Å². The highest BCUT2D eigenvalue weighted by atomic mass is 19.4. The Balaban J connectivity index is 0.000000301. The zero-order chi connectivity index (χ0) is 28.4. The number of ether oxygens (including phenoxy) is 2. The Morgan fingerprint density at radius 2 is 1.58 bits per heavy atom. The smallest absolute Gasteiger partial charge is 0.475 e. The van der Waals surface area contributed by atoms with E-state index in [-0.39, 0.29) is 11.7 Å². The Morgan fingerprint density at radius 3 is 2.08 bits per heavy atom. The van der Waals surface area contributed by atoms with E-state index >= 15 is 0 Å². The van der Waals surface area contributed by atoms with Crippen molar-refractivity contribution in [3.8, 4) is 0 Å². The maximum absolute atomic E-state index is 10.6. The second-order valence-electron chi connectivity index (χ2n) is 8.38. The van der Waals surface area contributed by atoms with Gasteiger partial charge in [-0.25, -0.2) is 9.59 Å². The number of aliphatic carboxylic acids is 2. The first-order chi connectivity index (χ1) is 17.7. The number of halogens is 6. The van der Waals surface area contributed by atoms with Gasteiger partial charge in [0.15, 0.2) is 0 Å². The molecule has 1 unspecified atom stereocenters. The van der Waals surface area contributed by atoms with Crippen molar-refractivity contribution in [2.24, 2.45) is 0 Å². The Hall–Kier alpha value is -3.30. The third-order valence-electron chi connectivity index (χ3n) is 5.30. The molecule has 2 aliphatic heterocycles. The molecule has 0 aromatic carbocycles. The fraction of sp³-hybridized carbons (Fsp3) is 0.478. The molecule has 2 N–H and O–H groups in total. The van der Waals surface area contributed by atoms with E-state index in [1.165, 1.54) is 5.56 Å². The zero-order valence-electron chi connectivity index (χ0n) is 19.8. The molecule has 0 aliphatic carbocycles. The van der Waals surface area contributed by atoms with Gasteiger partial charge in [-0.15, -0.1) is 0 Å². The summed E-state index contributed by atoms with van der Waals surface area (Å²) < 4.78 is 75.7. The second kappa shape index (κ2) is 13.5. The van der Waals surface area contributed by atoms with E-state index in [1.807, 2.05) is 42.9 Å². The van der Waals surface area contributed by atoms with Crippen LogP contribution in [-0.2, 0) is 32.2 Å². The molecule has 4 rings (SSSR count). The van der Waals surface area contributed by atoms with Crippen LogP contribution in [0.1, 0.15) is 24.1 Å². The van der Waals surface area contributed by atoms with E-state index < -0.39 is 24.3 Å². The minimum Gasteiger partial charge on any atom is -0.475 e. The first-order valence-corrected chi connectivity index (χ1v) is 11.1. The molecule has 38 heavy (non-hydrogen) atoms. The standard InChI is InChI=1S/C19H23N3O2.2C2HF3O2/c1-2-7-21-17(3-1)12-22-14-19(15-22)11-18(6-10-24-19)23-13-16-4-8-20-9-5-16;2*3-2(4,5)1(6)7/h1-5,7-9,18H,6,10-15H2;2*(H,6,7). The first-order valence-electron chi connectivity index (χ1n) is 11.1. The van der Waals surface area contributed by atoms with Crippen LogP contribution in [0.15, 0.2) is 48.9 Å². The van der Waals surface area contributed by atoms with Crippen LogP contribution in [0.3, 0.4) is 0 Å². The number of rotatable bonds is 5. The van der Waals surface area contributed by atoms with Crippen LogP contribution in [0.4, 0.5) is 26.3 Å². The zero-order valence-corrected chi connectivity index (χ0v) is 19.8. The summed E-state index contributed by atoms with van der Waals surface area (Å²) in [4.78, 5) is 28.6. The molecule has 0 saturated carbocycles. The Kier molecular flexibility index (Phi) is 11.0. The van der Waals surface area contributed by atoms with Gasteiger partial charge >= 0.3 is 24.3 Å². The summed E-state index contributed by atoms with van der Waals surface area (Å²) in [5, 5.41) is 14.2. The van der Waals surface area contributed by atoms with Crippen molar-refractivity contribution in [2.75, 3.05) is 19.7 Å². The summed E-state index contributed by atoms with van der Waals surface area (Å²) in [5.41, 5.74) is 2.28. The van der Waals surface area contributed by atoms with Crippen LogP contribution in [0.5, 0.6) is 0 Å². The molecular weight excluding hydrogens is 528 g/mol. The van der Waals surface area contributed by atoms with Gasteiger partial charge in [0.25, 0.3) is 0 Å². The van der Waals surface area contributed by atoms with E-state index in [9.17, 15) is 26.3 Å². The molecule has 2 fully saturated rings. The molecule has 4 heterocycles. The molecule has 1 atom stereocenters. The number of carbonyl (C=O) groups is 2. The van der Waals surface area contributed by atoms with E-state index in [1.54, 1.807) is 0 Å². The number of hydrogen-bond acceptors (Lipinski definition) is 7. The summed E-state index contributed by atoms with van der Waals surface area (Å²) in [6.45, 7) is 4.28. The van der Waals surface area contributed by atoms with Crippen LogP contribution in [0.25, 0.3) is 0 Å². The molecule has 1 spiro atoms. The Bertz CT molecular complexity index is 994. The summed E-state index contributed by atoms with van der Waals surface area (Å²) in [6.07, 6.45) is -2.45. The Morgan fingerprint density at radius 1 is 1.00 bits per heavy atom. The molecule has 0 bridgehead atoms. The van der Waals surface area contributed by atoms with Gasteiger partial charge in [0.1, 0.15) is 0 Å². The lowest BCUT2D eigenvalue weighted by atomic mass is 9.84. The Labute approximate surface area is 213 Å². The summed E-state index contributed by atoms with van der Waals surface area (Å²) in [5.74, 6) is -5.51. The molecule has 2 aromatic heterocycles. The van der Waals surface area contributed by atoms with Gasteiger partial charge in [0.2, 0.25) is 0 Å². The van der Waals surface area contributed by atoms with Crippen LogP contribution in [0, 0.1) is 0 Å². The molecule has 0 radical (unpaired) electrons. The minimum atomic E-state index is -5.08. The van der Waals surface area contributed by atoms with Crippen LogP contribution in [-0.4, -0.2) is 80.8 Å². The number of aromatic nitrogens is 2. The molecule has 0 amide bonds. The van der Waals surface area contributed by atoms with Crippen LogP contribution < -0.4 is 0 Å². The number of alkyl halides is 6. The predicted octanol–water partition coefficient (Wildman–Crippen LogP) is 3.69. The van der Waals surface area contributed by atoms with Crippen molar-refractivity contribution in [1.29, 1.82) is 0 Å². The van der Waals surface area contributed by atoms with E-state index in [4.69, 9.17) is 29.3 Å².